The molecule has 0 atom stereocenters. The largest absolute Gasteiger partial charge is 0.480 e. The molecule has 0 bridgehead atoms. The third kappa shape index (κ3) is 6.55. The summed E-state index contributed by atoms with van der Waals surface area (Å²) < 4.78 is 36.8. The fourth-order valence-corrected chi connectivity index (χ4v) is 2.79. The molecule has 0 aromatic heterocycles. The molecule has 1 fully saturated rings. The predicted octanol–water partition coefficient (Wildman–Crippen LogP) is 1.54. The van der Waals surface area contributed by atoms with Gasteiger partial charge in [0.25, 0.3) is 0 Å². The normalized spacial score (nSPS) is 17.0. The number of amides is 2. The standard InChI is InChI=1S/C10H15F3N2O3S/c11-10(12,13)6-15(5-8(16)17)9(18)14-7-1-3-19-4-2-7/h7H,1-6H2,(H,14,18)(H,16,17). The molecule has 1 heterocycles. The molecule has 0 aliphatic carbocycles. The summed E-state index contributed by atoms with van der Waals surface area (Å²) in [6, 6.07) is -1.16. The first-order valence-corrected chi connectivity index (χ1v) is 6.85. The van der Waals surface area contributed by atoms with Crippen LogP contribution >= 0.6 is 11.8 Å². The Bertz CT molecular complexity index is 332. The molecular weight excluding hydrogens is 285 g/mol. The molecule has 0 radical (unpaired) electrons. The van der Waals surface area contributed by atoms with Gasteiger partial charge in [-0.15, -0.1) is 0 Å². The molecule has 0 spiro atoms. The summed E-state index contributed by atoms with van der Waals surface area (Å²) in [5.74, 6) is 0.199. The maximum absolute atomic E-state index is 12.3. The number of hydrogen-bond acceptors (Lipinski definition) is 3. The van der Waals surface area contributed by atoms with E-state index < -0.39 is 31.3 Å². The second kappa shape index (κ2) is 6.88. The van der Waals surface area contributed by atoms with Crippen LogP contribution in [0, 0.1) is 0 Å². The van der Waals surface area contributed by atoms with Crippen LogP contribution in [0.25, 0.3) is 0 Å². The van der Waals surface area contributed by atoms with Gasteiger partial charge in [-0.05, 0) is 24.3 Å². The number of aliphatic carboxylic acids is 1. The fourth-order valence-electron chi connectivity index (χ4n) is 1.69. The Balaban J connectivity index is 2.56. The number of urea groups is 1. The zero-order chi connectivity index (χ0) is 14.5. The van der Waals surface area contributed by atoms with Crippen LogP contribution in [-0.2, 0) is 4.79 Å². The van der Waals surface area contributed by atoms with Gasteiger partial charge in [-0.25, -0.2) is 4.79 Å². The van der Waals surface area contributed by atoms with Crippen molar-refractivity contribution in [2.75, 3.05) is 24.6 Å². The van der Waals surface area contributed by atoms with E-state index in [1.807, 2.05) is 0 Å². The van der Waals surface area contributed by atoms with Crippen LogP contribution in [0.15, 0.2) is 0 Å². The number of carbonyl (C=O) groups is 2. The van der Waals surface area contributed by atoms with Gasteiger partial charge in [0, 0.05) is 6.04 Å². The van der Waals surface area contributed by atoms with Gasteiger partial charge in [0.1, 0.15) is 13.1 Å². The van der Waals surface area contributed by atoms with Crippen LogP contribution in [0.4, 0.5) is 18.0 Å². The van der Waals surface area contributed by atoms with Crippen LogP contribution in [0.3, 0.4) is 0 Å². The van der Waals surface area contributed by atoms with Crippen molar-refractivity contribution in [3.8, 4) is 0 Å². The highest BCUT2D eigenvalue weighted by atomic mass is 32.2. The average molecular weight is 300 g/mol. The molecule has 1 rings (SSSR count). The van der Waals surface area contributed by atoms with Crippen LogP contribution in [0.1, 0.15) is 12.8 Å². The van der Waals surface area contributed by atoms with Gasteiger partial charge in [-0.1, -0.05) is 0 Å². The van der Waals surface area contributed by atoms with E-state index in [-0.39, 0.29) is 10.9 Å². The number of halogens is 3. The second-order valence-electron chi connectivity index (χ2n) is 4.20. The summed E-state index contributed by atoms with van der Waals surface area (Å²) in [4.78, 5) is 22.4. The number of alkyl halides is 3. The summed E-state index contributed by atoms with van der Waals surface area (Å²) in [5, 5.41) is 11.0. The van der Waals surface area contributed by atoms with E-state index in [9.17, 15) is 22.8 Å². The summed E-state index contributed by atoms with van der Waals surface area (Å²) in [5.41, 5.74) is 0. The third-order valence-corrected chi connectivity index (χ3v) is 3.58. The number of nitrogens with zero attached hydrogens (tertiary/aromatic N) is 1. The van der Waals surface area contributed by atoms with Crippen molar-refractivity contribution in [2.45, 2.75) is 25.1 Å². The maximum atomic E-state index is 12.3. The van der Waals surface area contributed by atoms with Crippen molar-refractivity contribution in [2.24, 2.45) is 0 Å². The minimum Gasteiger partial charge on any atom is -0.480 e. The van der Waals surface area contributed by atoms with Gasteiger partial charge in [-0.3, -0.25) is 4.79 Å². The first kappa shape index (κ1) is 15.9. The van der Waals surface area contributed by atoms with Crippen molar-refractivity contribution in [1.29, 1.82) is 0 Å². The van der Waals surface area contributed by atoms with E-state index in [4.69, 9.17) is 5.11 Å². The highest BCUT2D eigenvalue weighted by Gasteiger charge is 2.34. The zero-order valence-corrected chi connectivity index (χ0v) is 10.9. The Morgan fingerprint density at radius 2 is 1.89 bits per heavy atom. The summed E-state index contributed by atoms with van der Waals surface area (Å²) in [6.45, 7) is -2.53. The molecule has 19 heavy (non-hydrogen) atoms. The number of hydrogen-bond donors (Lipinski definition) is 2. The Morgan fingerprint density at radius 3 is 2.37 bits per heavy atom. The zero-order valence-electron chi connectivity index (χ0n) is 10.1. The van der Waals surface area contributed by atoms with Gasteiger partial charge < -0.3 is 15.3 Å². The molecule has 1 aliphatic rings. The number of thioether (sulfide) groups is 1. The third-order valence-electron chi connectivity index (χ3n) is 2.53. The minimum absolute atomic E-state index is 0.182. The Kier molecular flexibility index (Phi) is 5.77. The SMILES string of the molecule is O=C(O)CN(CC(F)(F)F)C(=O)NC1CCSCC1. The van der Waals surface area contributed by atoms with Crippen molar-refractivity contribution < 1.29 is 27.9 Å². The lowest BCUT2D eigenvalue weighted by molar-refractivity contribution is -0.149. The number of rotatable bonds is 4. The first-order valence-electron chi connectivity index (χ1n) is 5.69. The molecule has 110 valence electrons. The molecular formula is C10H15F3N2O3S. The highest BCUT2D eigenvalue weighted by Crippen LogP contribution is 2.19. The van der Waals surface area contributed by atoms with Gasteiger partial charge >= 0.3 is 18.2 Å². The van der Waals surface area contributed by atoms with Crippen molar-refractivity contribution in [1.82, 2.24) is 10.2 Å². The molecule has 2 N–H and O–H groups in total. The van der Waals surface area contributed by atoms with Gasteiger partial charge in [0.05, 0.1) is 0 Å². The Hall–Kier alpha value is -1.12. The fraction of sp³-hybridized carbons (Fsp3) is 0.800. The van der Waals surface area contributed by atoms with Gasteiger partial charge in [0.2, 0.25) is 0 Å². The lowest BCUT2D eigenvalue weighted by atomic mass is 10.1. The van der Waals surface area contributed by atoms with E-state index in [1.54, 1.807) is 11.8 Å². The van der Waals surface area contributed by atoms with E-state index >= 15 is 0 Å². The second-order valence-corrected chi connectivity index (χ2v) is 5.43. The molecule has 5 nitrogen and oxygen atoms in total. The molecule has 0 aromatic rings. The minimum atomic E-state index is -4.62. The molecule has 0 saturated carbocycles. The van der Waals surface area contributed by atoms with Crippen molar-refractivity contribution in [3.63, 3.8) is 0 Å². The Morgan fingerprint density at radius 1 is 1.32 bits per heavy atom. The van der Waals surface area contributed by atoms with Crippen LogP contribution < -0.4 is 5.32 Å². The average Bonchev–Trinajstić information content (AvgIpc) is 2.27. The molecule has 1 aliphatic heterocycles. The highest BCUT2D eigenvalue weighted by molar-refractivity contribution is 7.99. The summed E-state index contributed by atoms with van der Waals surface area (Å²) in [7, 11) is 0. The first-order chi connectivity index (χ1) is 8.78. The van der Waals surface area contributed by atoms with Gasteiger partial charge in [0.15, 0.2) is 0 Å². The molecule has 9 heteroatoms. The molecule has 1 saturated heterocycles. The summed E-state index contributed by atoms with van der Waals surface area (Å²) in [6.07, 6.45) is -3.25. The lowest BCUT2D eigenvalue weighted by Crippen LogP contribution is -2.50. The topological polar surface area (TPSA) is 69.6 Å². The predicted molar refractivity (Wildman–Crippen MR) is 64.1 cm³/mol. The smallest absolute Gasteiger partial charge is 0.406 e. The quantitative estimate of drug-likeness (QED) is 0.826. The van der Waals surface area contributed by atoms with E-state index in [1.165, 1.54) is 0 Å². The monoisotopic (exact) mass is 300 g/mol. The van der Waals surface area contributed by atoms with Crippen molar-refractivity contribution >= 4 is 23.8 Å². The van der Waals surface area contributed by atoms with Crippen LogP contribution in [0.2, 0.25) is 0 Å². The van der Waals surface area contributed by atoms with E-state index in [0.717, 1.165) is 11.5 Å². The number of carboxylic acids is 1. The van der Waals surface area contributed by atoms with Gasteiger partial charge in [-0.2, -0.15) is 24.9 Å². The Labute approximate surface area is 112 Å². The van der Waals surface area contributed by atoms with Crippen LogP contribution in [0.5, 0.6) is 0 Å². The maximum Gasteiger partial charge on any atom is 0.406 e. The van der Waals surface area contributed by atoms with Crippen molar-refractivity contribution in [3.05, 3.63) is 0 Å². The van der Waals surface area contributed by atoms with E-state index in [0.29, 0.717) is 12.8 Å². The molecule has 0 aromatic carbocycles. The molecule has 2 amide bonds. The number of carboxylic acid groups (broad SMARTS) is 1. The van der Waals surface area contributed by atoms with Crippen LogP contribution in [-0.4, -0.2) is 58.8 Å². The molecule has 0 unspecified atom stereocenters. The number of nitrogens with one attached hydrogen (secondary N) is 1. The van der Waals surface area contributed by atoms with E-state index in [2.05, 4.69) is 5.32 Å². The lowest BCUT2D eigenvalue weighted by Gasteiger charge is -2.27. The number of carbonyl (C=O) groups excluding carboxylic acids is 1. The summed E-state index contributed by atoms with van der Waals surface area (Å²) >= 11 is 1.72.